The number of hydrogen-bond acceptors (Lipinski definition) is 3. The second-order valence-corrected chi connectivity index (χ2v) is 4.90. The van der Waals surface area contributed by atoms with Gasteiger partial charge in [0.15, 0.2) is 0 Å². The van der Waals surface area contributed by atoms with Gasteiger partial charge in [-0.05, 0) is 29.8 Å². The van der Waals surface area contributed by atoms with Gasteiger partial charge in [0.1, 0.15) is 6.54 Å². The van der Waals surface area contributed by atoms with Crippen LogP contribution in [0.3, 0.4) is 0 Å². The lowest BCUT2D eigenvalue weighted by Gasteiger charge is -2.35. The molecule has 1 aliphatic rings. The molecule has 20 heavy (non-hydrogen) atoms. The van der Waals surface area contributed by atoms with Crippen molar-refractivity contribution >= 4 is 23.0 Å². The van der Waals surface area contributed by atoms with Crippen LogP contribution in [0.2, 0.25) is 0 Å². The number of rotatable bonds is 2. The first-order chi connectivity index (χ1) is 9.70. The molecular weight excluding hydrogens is 250 g/mol. The van der Waals surface area contributed by atoms with Gasteiger partial charge < -0.3 is 15.5 Å². The van der Waals surface area contributed by atoms with Crippen LogP contribution in [0.25, 0.3) is 0 Å². The average molecular weight is 267 g/mol. The summed E-state index contributed by atoms with van der Waals surface area (Å²) >= 11 is 0. The number of fused-ring (bicyclic) bond motifs is 1. The Morgan fingerprint density at radius 1 is 1.10 bits per heavy atom. The molecule has 4 heteroatoms. The minimum absolute atomic E-state index is 0.0850. The van der Waals surface area contributed by atoms with Crippen molar-refractivity contribution in [1.82, 2.24) is 0 Å². The van der Waals surface area contributed by atoms with E-state index in [-0.39, 0.29) is 5.91 Å². The van der Waals surface area contributed by atoms with E-state index in [2.05, 4.69) is 0 Å². The lowest BCUT2D eigenvalue weighted by molar-refractivity contribution is -0.117. The summed E-state index contributed by atoms with van der Waals surface area (Å²) in [6.07, 6.45) is 0. The highest BCUT2D eigenvalue weighted by Crippen LogP contribution is 2.37. The van der Waals surface area contributed by atoms with Crippen molar-refractivity contribution in [2.45, 2.75) is 6.54 Å². The monoisotopic (exact) mass is 267 g/mol. The molecule has 4 nitrogen and oxygen atoms in total. The summed E-state index contributed by atoms with van der Waals surface area (Å²) in [7, 11) is 1.81. The van der Waals surface area contributed by atoms with Gasteiger partial charge >= 0.3 is 0 Å². The maximum Gasteiger partial charge on any atom is 0.246 e. The van der Waals surface area contributed by atoms with Gasteiger partial charge in [-0.1, -0.05) is 24.3 Å². The molecule has 1 aliphatic heterocycles. The number of hydrogen-bond donors (Lipinski definition) is 1. The highest BCUT2D eigenvalue weighted by Gasteiger charge is 2.27. The molecule has 0 saturated carbocycles. The van der Waals surface area contributed by atoms with Crippen LogP contribution in [-0.2, 0) is 11.3 Å². The van der Waals surface area contributed by atoms with Gasteiger partial charge in [-0.25, -0.2) is 0 Å². The quantitative estimate of drug-likeness (QED) is 0.908. The molecule has 0 aliphatic carbocycles. The summed E-state index contributed by atoms with van der Waals surface area (Å²) in [4.78, 5) is 15.9. The van der Waals surface area contributed by atoms with Gasteiger partial charge in [0.25, 0.3) is 0 Å². The predicted octanol–water partition coefficient (Wildman–Crippen LogP) is 2.26. The molecule has 102 valence electrons. The fourth-order valence-electron chi connectivity index (χ4n) is 2.52. The molecule has 1 heterocycles. The third-order valence-corrected chi connectivity index (χ3v) is 3.66. The van der Waals surface area contributed by atoms with Crippen molar-refractivity contribution in [3.05, 3.63) is 54.1 Å². The number of carbonyl (C=O) groups is 1. The molecule has 0 bridgehead atoms. The summed E-state index contributed by atoms with van der Waals surface area (Å²) in [5.74, 6) is 0.0850. The fourth-order valence-corrected chi connectivity index (χ4v) is 2.52. The highest BCUT2D eigenvalue weighted by molar-refractivity contribution is 6.04. The van der Waals surface area contributed by atoms with E-state index in [0.717, 1.165) is 22.6 Å². The number of carbonyl (C=O) groups excluding carboxylic acids is 1. The SMILES string of the molecule is CN1C(=O)CN(c2cccc(CN)c2)c2ccccc21. The Hall–Kier alpha value is -2.33. The number of nitrogens with two attached hydrogens (primary N) is 1. The zero-order valence-corrected chi connectivity index (χ0v) is 11.4. The molecule has 0 atom stereocenters. The molecule has 0 aromatic heterocycles. The molecule has 0 unspecified atom stereocenters. The Balaban J connectivity index is 2.10. The van der Waals surface area contributed by atoms with E-state index < -0.39 is 0 Å². The zero-order chi connectivity index (χ0) is 14.1. The van der Waals surface area contributed by atoms with Crippen LogP contribution in [-0.4, -0.2) is 19.5 Å². The number of nitrogens with zero attached hydrogens (tertiary/aromatic N) is 2. The fraction of sp³-hybridized carbons (Fsp3) is 0.188. The molecule has 2 N–H and O–H groups in total. The Morgan fingerprint density at radius 2 is 1.85 bits per heavy atom. The number of benzene rings is 2. The normalized spacial score (nSPS) is 14.4. The predicted molar refractivity (Wildman–Crippen MR) is 81.2 cm³/mol. The third-order valence-electron chi connectivity index (χ3n) is 3.66. The van der Waals surface area contributed by atoms with Crippen LogP contribution in [0.1, 0.15) is 5.56 Å². The summed E-state index contributed by atoms with van der Waals surface area (Å²) in [5, 5.41) is 0. The minimum Gasteiger partial charge on any atom is -0.330 e. The molecule has 1 amide bonds. The summed E-state index contributed by atoms with van der Waals surface area (Å²) in [5.41, 5.74) is 9.74. The lowest BCUT2D eigenvalue weighted by atomic mass is 10.1. The molecule has 0 saturated heterocycles. The van der Waals surface area contributed by atoms with Crippen LogP contribution >= 0.6 is 0 Å². The van der Waals surface area contributed by atoms with E-state index in [0.29, 0.717) is 13.1 Å². The molecule has 0 radical (unpaired) electrons. The molecule has 2 aromatic rings. The summed E-state index contributed by atoms with van der Waals surface area (Å²) < 4.78 is 0. The molecular formula is C16H17N3O. The number of likely N-dealkylation sites (N-methyl/N-ethyl adjacent to an activating group) is 1. The lowest BCUT2D eigenvalue weighted by Crippen LogP contribution is -2.41. The number of amides is 1. The van der Waals surface area contributed by atoms with Gasteiger partial charge in [0.2, 0.25) is 5.91 Å². The van der Waals surface area contributed by atoms with E-state index in [1.165, 1.54) is 0 Å². The smallest absolute Gasteiger partial charge is 0.246 e. The molecule has 3 rings (SSSR count). The van der Waals surface area contributed by atoms with Crippen LogP contribution in [0.5, 0.6) is 0 Å². The van der Waals surface area contributed by atoms with Gasteiger partial charge in [0.05, 0.1) is 11.4 Å². The number of anilines is 3. The van der Waals surface area contributed by atoms with Gasteiger partial charge in [-0.15, -0.1) is 0 Å². The zero-order valence-electron chi connectivity index (χ0n) is 11.4. The van der Waals surface area contributed by atoms with E-state index in [1.807, 2.05) is 60.5 Å². The van der Waals surface area contributed by atoms with Crippen molar-refractivity contribution in [2.24, 2.45) is 5.73 Å². The topological polar surface area (TPSA) is 49.6 Å². The maximum absolute atomic E-state index is 12.2. The third kappa shape index (κ3) is 2.04. The van der Waals surface area contributed by atoms with E-state index >= 15 is 0 Å². The van der Waals surface area contributed by atoms with Gasteiger partial charge in [-0.3, -0.25) is 4.79 Å². The second-order valence-electron chi connectivity index (χ2n) is 4.90. The molecule has 0 fully saturated rings. The highest BCUT2D eigenvalue weighted by atomic mass is 16.2. The Labute approximate surface area is 118 Å². The van der Waals surface area contributed by atoms with Crippen molar-refractivity contribution in [3.63, 3.8) is 0 Å². The van der Waals surface area contributed by atoms with Gasteiger partial charge in [0, 0.05) is 19.3 Å². The molecule has 0 spiro atoms. The first kappa shape index (κ1) is 12.7. The summed E-state index contributed by atoms with van der Waals surface area (Å²) in [6.45, 7) is 0.846. The van der Waals surface area contributed by atoms with E-state index in [4.69, 9.17) is 5.73 Å². The maximum atomic E-state index is 12.2. The van der Waals surface area contributed by atoms with Crippen LogP contribution in [0.15, 0.2) is 48.5 Å². The van der Waals surface area contributed by atoms with Crippen molar-refractivity contribution < 1.29 is 4.79 Å². The Morgan fingerprint density at radius 3 is 2.60 bits per heavy atom. The van der Waals surface area contributed by atoms with Crippen molar-refractivity contribution in [1.29, 1.82) is 0 Å². The van der Waals surface area contributed by atoms with Crippen molar-refractivity contribution in [3.8, 4) is 0 Å². The average Bonchev–Trinajstić information content (AvgIpc) is 2.51. The standard InChI is InChI=1S/C16H17N3O/c1-18-14-7-2-3-8-15(14)19(11-16(18)20)13-6-4-5-12(9-13)10-17/h2-9H,10-11,17H2,1H3. The van der Waals surface area contributed by atoms with E-state index in [1.54, 1.807) is 4.90 Å². The van der Waals surface area contributed by atoms with Crippen molar-refractivity contribution in [2.75, 3.05) is 23.4 Å². The van der Waals surface area contributed by atoms with E-state index in [9.17, 15) is 4.79 Å². The first-order valence-electron chi connectivity index (χ1n) is 6.63. The van der Waals surface area contributed by atoms with Gasteiger partial charge in [-0.2, -0.15) is 0 Å². The summed E-state index contributed by atoms with van der Waals surface area (Å²) in [6, 6.07) is 15.9. The second kappa shape index (κ2) is 4.98. The molecule has 2 aromatic carbocycles. The van der Waals surface area contributed by atoms with Crippen LogP contribution in [0, 0.1) is 0 Å². The van der Waals surface area contributed by atoms with Crippen LogP contribution in [0.4, 0.5) is 17.1 Å². The Kier molecular flexibility index (Phi) is 3.16. The van der Waals surface area contributed by atoms with Crippen LogP contribution < -0.4 is 15.5 Å². The largest absolute Gasteiger partial charge is 0.330 e. The minimum atomic E-state index is 0.0850. The Bertz CT molecular complexity index is 654. The first-order valence-corrected chi connectivity index (χ1v) is 6.63. The number of para-hydroxylation sites is 2.